The molecule has 0 bridgehead atoms. The number of para-hydroxylation sites is 1. The van der Waals surface area contributed by atoms with Crippen molar-refractivity contribution in [3.8, 4) is 17.2 Å². The van der Waals surface area contributed by atoms with Crippen LogP contribution in [-0.2, 0) is 6.54 Å². The van der Waals surface area contributed by atoms with Gasteiger partial charge in [0, 0.05) is 29.8 Å². The molecule has 152 valence electrons. The maximum atomic E-state index is 6.14. The van der Waals surface area contributed by atoms with Gasteiger partial charge in [0.2, 0.25) is 0 Å². The molecule has 0 amide bonds. The van der Waals surface area contributed by atoms with Gasteiger partial charge in [0.25, 0.3) is 0 Å². The van der Waals surface area contributed by atoms with Crippen LogP contribution < -0.4 is 14.2 Å². The highest BCUT2D eigenvalue weighted by Crippen LogP contribution is 2.38. The van der Waals surface area contributed by atoms with Gasteiger partial charge in [0.15, 0.2) is 0 Å². The molecule has 0 radical (unpaired) electrons. The van der Waals surface area contributed by atoms with Crippen molar-refractivity contribution in [3.05, 3.63) is 53.6 Å². The van der Waals surface area contributed by atoms with Crippen LogP contribution in [0.15, 0.2) is 42.5 Å². The Morgan fingerprint density at radius 2 is 1.86 bits per heavy atom. The van der Waals surface area contributed by atoms with Gasteiger partial charge in [-0.1, -0.05) is 44.0 Å². The minimum atomic E-state index is 0.374. The van der Waals surface area contributed by atoms with Gasteiger partial charge in [0.1, 0.15) is 17.2 Å². The molecule has 0 aliphatic carbocycles. The maximum Gasteiger partial charge on any atom is 0.127 e. The molecule has 1 aliphatic heterocycles. The minimum Gasteiger partial charge on any atom is -0.497 e. The monoisotopic (exact) mass is 383 g/mol. The summed E-state index contributed by atoms with van der Waals surface area (Å²) >= 11 is 0. The summed E-state index contributed by atoms with van der Waals surface area (Å²) in [6.45, 7) is 4.93. The Bertz CT molecular complexity index is 746. The first-order chi connectivity index (χ1) is 13.8. The summed E-state index contributed by atoms with van der Waals surface area (Å²) in [7, 11) is 3.41. The second-order valence-corrected chi connectivity index (χ2v) is 7.40. The molecule has 1 saturated heterocycles. The number of ether oxygens (including phenoxy) is 3. The van der Waals surface area contributed by atoms with Gasteiger partial charge in [-0.3, -0.25) is 4.90 Å². The van der Waals surface area contributed by atoms with E-state index in [-0.39, 0.29) is 0 Å². The quantitative estimate of drug-likeness (QED) is 0.527. The second-order valence-electron chi connectivity index (χ2n) is 7.40. The smallest absolute Gasteiger partial charge is 0.127 e. The summed E-state index contributed by atoms with van der Waals surface area (Å²) in [5.41, 5.74) is 2.50. The van der Waals surface area contributed by atoms with Crippen molar-refractivity contribution in [1.29, 1.82) is 0 Å². The molecule has 0 N–H and O–H groups in total. The van der Waals surface area contributed by atoms with Crippen molar-refractivity contribution in [2.45, 2.75) is 51.6 Å². The van der Waals surface area contributed by atoms with Gasteiger partial charge in [-0.05, 0) is 37.9 Å². The molecular weight excluding hydrogens is 350 g/mol. The molecule has 1 unspecified atom stereocenters. The van der Waals surface area contributed by atoms with E-state index in [0.29, 0.717) is 6.04 Å². The third-order valence-corrected chi connectivity index (χ3v) is 5.51. The zero-order valence-corrected chi connectivity index (χ0v) is 17.4. The van der Waals surface area contributed by atoms with Crippen molar-refractivity contribution in [3.63, 3.8) is 0 Å². The first kappa shape index (κ1) is 20.5. The van der Waals surface area contributed by atoms with Crippen molar-refractivity contribution in [1.82, 2.24) is 4.90 Å². The summed E-state index contributed by atoms with van der Waals surface area (Å²) in [6, 6.07) is 15.0. The van der Waals surface area contributed by atoms with Gasteiger partial charge < -0.3 is 14.2 Å². The highest BCUT2D eigenvalue weighted by atomic mass is 16.5. The van der Waals surface area contributed by atoms with Crippen molar-refractivity contribution in [2.75, 3.05) is 27.4 Å². The number of benzene rings is 2. The largest absolute Gasteiger partial charge is 0.497 e. The highest BCUT2D eigenvalue weighted by molar-refractivity contribution is 5.41. The molecule has 1 atom stereocenters. The van der Waals surface area contributed by atoms with Gasteiger partial charge in [0.05, 0.1) is 20.8 Å². The Balaban J connectivity index is 1.82. The molecule has 28 heavy (non-hydrogen) atoms. The lowest BCUT2D eigenvalue weighted by atomic mass is 9.94. The van der Waals surface area contributed by atoms with E-state index in [1.54, 1.807) is 14.2 Å². The molecule has 0 spiro atoms. The van der Waals surface area contributed by atoms with E-state index in [1.165, 1.54) is 24.0 Å². The molecule has 4 heteroatoms. The molecular formula is C24H33NO3. The molecule has 1 fully saturated rings. The molecule has 3 rings (SSSR count). The standard InChI is InChI=1S/C24H33NO3/c1-4-5-16-28-23-12-7-6-10-21(23)22-11-8-9-15-25(22)18-19-13-14-20(26-2)17-24(19)27-3/h6-7,10,12-14,17,22H,4-5,8-9,11,15-16,18H2,1-3H3. The molecule has 4 nitrogen and oxygen atoms in total. The number of hydrogen-bond donors (Lipinski definition) is 0. The number of methoxy groups -OCH3 is 2. The second kappa shape index (κ2) is 10.4. The molecule has 1 aliphatic rings. The Morgan fingerprint density at radius 3 is 2.64 bits per heavy atom. The Hall–Kier alpha value is -2.20. The summed E-state index contributed by atoms with van der Waals surface area (Å²) < 4.78 is 17.1. The summed E-state index contributed by atoms with van der Waals surface area (Å²) in [6.07, 6.45) is 5.88. The minimum absolute atomic E-state index is 0.374. The molecule has 2 aromatic rings. The number of hydrogen-bond acceptors (Lipinski definition) is 4. The topological polar surface area (TPSA) is 30.9 Å². The van der Waals surface area contributed by atoms with Crippen molar-refractivity contribution < 1.29 is 14.2 Å². The van der Waals surface area contributed by atoms with Crippen LogP contribution in [0.3, 0.4) is 0 Å². The van der Waals surface area contributed by atoms with Gasteiger partial charge in [-0.15, -0.1) is 0 Å². The molecule has 0 aromatic heterocycles. The van der Waals surface area contributed by atoms with Crippen LogP contribution in [0.5, 0.6) is 17.2 Å². The third-order valence-electron chi connectivity index (χ3n) is 5.51. The number of likely N-dealkylation sites (tertiary alicyclic amines) is 1. The fourth-order valence-electron chi connectivity index (χ4n) is 3.95. The summed E-state index contributed by atoms with van der Waals surface area (Å²) in [4.78, 5) is 2.57. The van der Waals surface area contributed by atoms with Crippen molar-refractivity contribution in [2.24, 2.45) is 0 Å². The van der Waals surface area contributed by atoms with Crippen LogP contribution in [0, 0.1) is 0 Å². The average Bonchev–Trinajstić information content (AvgIpc) is 2.75. The number of nitrogens with zero attached hydrogens (tertiary/aromatic N) is 1. The van der Waals surface area contributed by atoms with E-state index in [0.717, 1.165) is 56.2 Å². The first-order valence-electron chi connectivity index (χ1n) is 10.4. The SMILES string of the molecule is CCCCOc1ccccc1C1CCCCN1Cc1ccc(OC)cc1OC. The van der Waals surface area contributed by atoms with Gasteiger partial charge >= 0.3 is 0 Å². The molecule has 0 saturated carbocycles. The fourth-order valence-corrected chi connectivity index (χ4v) is 3.95. The third kappa shape index (κ3) is 4.99. The van der Waals surface area contributed by atoms with Gasteiger partial charge in [-0.2, -0.15) is 0 Å². The normalized spacial score (nSPS) is 17.3. The van der Waals surface area contributed by atoms with Crippen molar-refractivity contribution >= 4 is 0 Å². The Labute approximate surface area is 169 Å². The fraction of sp³-hybridized carbons (Fsp3) is 0.500. The van der Waals surface area contributed by atoms with E-state index in [1.807, 2.05) is 12.1 Å². The maximum absolute atomic E-state index is 6.14. The zero-order valence-electron chi connectivity index (χ0n) is 17.4. The predicted molar refractivity (Wildman–Crippen MR) is 113 cm³/mol. The summed E-state index contributed by atoms with van der Waals surface area (Å²) in [5.74, 6) is 2.75. The lowest BCUT2D eigenvalue weighted by Gasteiger charge is -2.37. The van der Waals surface area contributed by atoms with Crippen LogP contribution in [0.1, 0.15) is 56.2 Å². The van der Waals surface area contributed by atoms with E-state index in [9.17, 15) is 0 Å². The molecule has 2 aromatic carbocycles. The first-order valence-corrected chi connectivity index (χ1v) is 10.4. The van der Waals surface area contributed by atoms with Crippen LogP contribution in [0.25, 0.3) is 0 Å². The number of rotatable bonds is 9. The highest BCUT2D eigenvalue weighted by Gasteiger charge is 2.27. The average molecular weight is 384 g/mol. The van der Waals surface area contributed by atoms with E-state index >= 15 is 0 Å². The molecule has 1 heterocycles. The summed E-state index contributed by atoms with van der Waals surface area (Å²) in [5, 5.41) is 0. The lowest BCUT2D eigenvalue weighted by Crippen LogP contribution is -2.33. The van der Waals surface area contributed by atoms with Crippen LogP contribution in [0.2, 0.25) is 0 Å². The predicted octanol–water partition coefficient (Wildman–Crippen LogP) is 5.61. The Kier molecular flexibility index (Phi) is 7.61. The van der Waals surface area contributed by atoms with Crippen LogP contribution >= 0.6 is 0 Å². The lowest BCUT2D eigenvalue weighted by molar-refractivity contribution is 0.135. The van der Waals surface area contributed by atoms with E-state index in [4.69, 9.17) is 14.2 Å². The Morgan fingerprint density at radius 1 is 1.00 bits per heavy atom. The van der Waals surface area contributed by atoms with E-state index in [2.05, 4.69) is 42.2 Å². The number of piperidine rings is 1. The van der Waals surface area contributed by atoms with E-state index < -0.39 is 0 Å². The van der Waals surface area contributed by atoms with Gasteiger partial charge in [-0.25, -0.2) is 0 Å². The van der Waals surface area contributed by atoms with Crippen LogP contribution in [-0.4, -0.2) is 32.3 Å². The van der Waals surface area contributed by atoms with Crippen LogP contribution in [0.4, 0.5) is 0 Å². The number of unbranched alkanes of at least 4 members (excludes halogenated alkanes) is 1. The zero-order chi connectivity index (χ0) is 19.8.